The van der Waals surface area contributed by atoms with Crippen LogP contribution in [-0.2, 0) is 17.6 Å². The van der Waals surface area contributed by atoms with E-state index >= 15 is 8.78 Å². The average Bonchev–Trinajstić information content (AvgIpc) is 3.27. The number of hydrogen-bond acceptors (Lipinski definition) is 5. The van der Waals surface area contributed by atoms with Gasteiger partial charge in [0.1, 0.15) is 17.3 Å². The van der Waals surface area contributed by atoms with E-state index < -0.39 is 29.3 Å². The van der Waals surface area contributed by atoms with Crippen LogP contribution in [0.3, 0.4) is 0 Å². The molecule has 0 unspecified atom stereocenters. The van der Waals surface area contributed by atoms with Gasteiger partial charge in [-0.05, 0) is 74.2 Å². The van der Waals surface area contributed by atoms with E-state index in [-0.39, 0.29) is 23.7 Å². The average molecular weight is 500 g/mol. The number of alkyl halides is 1. The summed E-state index contributed by atoms with van der Waals surface area (Å²) >= 11 is 0. The smallest absolute Gasteiger partial charge is 0.328 e. The number of benzene rings is 2. The zero-order valence-electron chi connectivity index (χ0n) is 20.6. The molecule has 0 saturated heterocycles. The fourth-order valence-electron chi connectivity index (χ4n) is 4.70. The van der Waals surface area contributed by atoms with Crippen LogP contribution in [0.1, 0.15) is 61.8 Å². The molecule has 2 aromatic carbocycles. The lowest BCUT2D eigenvalue weighted by molar-refractivity contribution is -0.131. The van der Waals surface area contributed by atoms with Gasteiger partial charge in [-0.2, -0.15) is 4.98 Å². The van der Waals surface area contributed by atoms with Crippen molar-refractivity contribution in [2.45, 2.75) is 58.3 Å². The van der Waals surface area contributed by atoms with Crippen LogP contribution >= 0.6 is 0 Å². The zero-order chi connectivity index (χ0) is 26.2. The molecule has 3 aromatic rings. The maximum Gasteiger partial charge on any atom is 0.328 e. The first-order chi connectivity index (χ1) is 17.0. The summed E-state index contributed by atoms with van der Waals surface area (Å²) in [5, 5.41) is 12.8. The maximum absolute atomic E-state index is 15.5. The Kier molecular flexibility index (Phi) is 7.04. The number of carboxylic acids is 1. The molecule has 190 valence electrons. The van der Waals surface area contributed by atoms with Crippen LogP contribution < -0.4 is 0 Å². The van der Waals surface area contributed by atoms with Crippen LogP contribution in [-0.4, -0.2) is 44.4 Å². The molecule has 2 atom stereocenters. The zero-order valence-corrected chi connectivity index (χ0v) is 20.6. The van der Waals surface area contributed by atoms with Crippen molar-refractivity contribution < 1.29 is 27.6 Å². The molecule has 9 heteroatoms. The van der Waals surface area contributed by atoms with Gasteiger partial charge in [0.2, 0.25) is 0 Å². The van der Waals surface area contributed by atoms with Gasteiger partial charge in [-0.15, -0.1) is 0 Å². The number of aromatic nitrogens is 2. The molecule has 1 aliphatic rings. The van der Waals surface area contributed by atoms with Gasteiger partial charge in [-0.25, -0.2) is 18.0 Å². The van der Waals surface area contributed by atoms with E-state index in [9.17, 15) is 9.18 Å². The first-order valence-corrected chi connectivity index (χ1v) is 11.8. The largest absolute Gasteiger partial charge is 0.478 e. The van der Waals surface area contributed by atoms with Crippen molar-refractivity contribution in [2.24, 2.45) is 0 Å². The van der Waals surface area contributed by atoms with Crippen LogP contribution in [0.5, 0.6) is 0 Å². The molecule has 6 nitrogen and oxygen atoms in total. The third-order valence-electron chi connectivity index (χ3n) is 6.23. The van der Waals surface area contributed by atoms with Crippen molar-refractivity contribution in [3.8, 4) is 11.5 Å². The number of rotatable bonds is 7. The third kappa shape index (κ3) is 5.36. The molecule has 36 heavy (non-hydrogen) atoms. The third-order valence-corrected chi connectivity index (χ3v) is 6.23. The molecule has 1 aromatic heterocycles. The van der Waals surface area contributed by atoms with E-state index in [1.54, 1.807) is 17.0 Å². The molecule has 0 amide bonds. The Bertz CT molecular complexity index is 1290. The highest BCUT2D eigenvalue weighted by atomic mass is 19.1. The van der Waals surface area contributed by atoms with Gasteiger partial charge in [0.05, 0.1) is 6.04 Å². The lowest BCUT2D eigenvalue weighted by atomic mass is 9.83. The number of nitrogens with zero attached hydrogens (tertiary/aromatic N) is 3. The Morgan fingerprint density at radius 1 is 1.25 bits per heavy atom. The number of carboxylic acid groups (broad SMARTS) is 1. The number of aryl methyl sites for hydroxylation is 1. The Balaban J connectivity index is 1.84. The molecule has 0 bridgehead atoms. The van der Waals surface area contributed by atoms with Crippen LogP contribution in [0.25, 0.3) is 17.5 Å². The van der Waals surface area contributed by atoms with Crippen molar-refractivity contribution >= 4 is 12.0 Å². The minimum Gasteiger partial charge on any atom is -0.478 e. The fourth-order valence-corrected chi connectivity index (χ4v) is 4.70. The van der Waals surface area contributed by atoms with Crippen molar-refractivity contribution in [2.75, 3.05) is 6.54 Å². The first kappa shape index (κ1) is 25.6. The van der Waals surface area contributed by atoms with Gasteiger partial charge < -0.3 is 9.63 Å². The van der Waals surface area contributed by atoms with Crippen LogP contribution in [0.2, 0.25) is 0 Å². The van der Waals surface area contributed by atoms with E-state index in [4.69, 9.17) is 9.63 Å². The van der Waals surface area contributed by atoms with E-state index in [1.807, 2.05) is 19.9 Å². The van der Waals surface area contributed by atoms with Crippen molar-refractivity contribution in [1.82, 2.24) is 15.0 Å². The van der Waals surface area contributed by atoms with E-state index in [0.29, 0.717) is 35.7 Å². The Morgan fingerprint density at radius 3 is 2.53 bits per heavy atom. The quantitative estimate of drug-likeness (QED) is 0.417. The van der Waals surface area contributed by atoms with Gasteiger partial charge in [-0.1, -0.05) is 18.1 Å². The Hall–Kier alpha value is -3.46. The van der Waals surface area contributed by atoms with Crippen molar-refractivity contribution in [1.29, 1.82) is 0 Å². The highest BCUT2D eigenvalue weighted by molar-refractivity contribution is 5.85. The SMILES string of the molecule is CCc1noc(-c2ccc3c(c2)C[C@@H](C)N(CC(C)(C)F)[C@@H]3c2c(F)cc(/C=C/C(=O)O)cc2F)n1. The molecule has 1 N–H and O–H groups in total. The molecule has 0 fully saturated rings. The summed E-state index contributed by atoms with van der Waals surface area (Å²) in [5.74, 6) is -1.96. The normalized spacial score (nSPS) is 18.5. The fraction of sp³-hybridized carbons (Fsp3) is 0.370. The van der Waals surface area contributed by atoms with Crippen molar-refractivity contribution in [3.63, 3.8) is 0 Å². The summed E-state index contributed by atoms with van der Waals surface area (Å²) in [5.41, 5.74) is 0.461. The minimum atomic E-state index is -1.61. The highest BCUT2D eigenvalue weighted by Crippen LogP contribution is 2.42. The predicted molar refractivity (Wildman–Crippen MR) is 129 cm³/mol. The second-order valence-corrected chi connectivity index (χ2v) is 9.70. The van der Waals surface area contributed by atoms with Crippen LogP contribution in [0.15, 0.2) is 40.9 Å². The van der Waals surface area contributed by atoms with Gasteiger partial charge >= 0.3 is 5.97 Å². The molecule has 0 radical (unpaired) electrons. The first-order valence-electron chi connectivity index (χ1n) is 11.8. The van der Waals surface area contributed by atoms with Crippen molar-refractivity contribution in [3.05, 3.63) is 76.1 Å². The molecule has 1 aliphatic heterocycles. The van der Waals surface area contributed by atoms with Gasteiger partial charge in [0.25, 0.3) is 5.89 Å². The second kappa shape index (κ2) is 9.89. The summed E-state index contributed by atoms with van der Waals surface area (Å²) in [6.07, 6.45) is 3.09. The summed E-state index contributed by atoms with van der Waals surface area (Å²) in [6.45, 7) is 6.64. The maximum atomic E-state index is 15.5. The van der Waals surface area contributed by atoms with Gasteiger partial charge in [-0.3, -0.25) is 4.90 Å². The molecule has 4 rings (SSSR count). The van der Waals surface area contributed by atoms with Gasteiger partial charge in [0, 0.05) is 36.2 Å². The number of carbonyl (C=O) groups is 1. The van der Waals surface area contributed by atoms with Crippen LogP contribution in [0, 0.1) is 11.6 Å². The predicted octanol–water partition coefficient (Wildman–Crippen LogP) is 5.76. The molecular weight excluding hydrogens is 471 g/mol. The van der Waals surface area contributed by atoms with Crippen LogP contribution in [0.4, 0.5) is 13.2 Å². The number of fused-ring (bicyclic) bond motifs is 1. The highest BCUT2D eigenvalue weighted by Gasteiger charge is 2.39. The number of hydrogen-bond donors (Lipinski definition) is 1. The topological polar surface area (TPSA) is 79.5 Å². The molecule has 0 spiro atoms. The second-order valence-electron chi connectivity index (χ2n) is 9.70. The van der Waals surface area contributed by atoms with Gasteiger partial charge in [0.15, 0.2) is 5.82 Å². The van der Waals surface area contributed by atoms with E-state index in [2.05, 4.69) is 10.1 Å². The standard InChI is InChI=1S/C27H28F3N3O3/c1-5-22-31-26(36-32-22)17-7-8-19-18(13-17)10-15(2)33(14-27(3,4)30)25(19)24-20(28)11-16(12-21(24)29)6-9-23(34)35/h6-9,11-13,15,25H,5,10,14H2,1-4H3,(H,34,35)/b9-6+/t15-,25+/m1/s1. The summed E-state index contributed by atoms with van der Waals surface area (Å²) < 4.78 is 51.1. The lowest BCUT2D eigenvalue weighted by Crippen LogP contribution is -2.48. The molecule has 0 aliphatic carbocycles. The molecular formula is C27H28F3N3O3. The van der Waals surface area contributed by atoms with E-state index in [0.717, 1.165) is 29.8 Å². The summed E-state index contributed by atoms with van der Waals surface area (Å²) in [6, 6.07) is 6.47. The number of aliphatic carboxylic acids is 1. The molecule has 0 saturated carbocycles. The summed E-state index contributed by atoms with van der Waals surface area (Å²) in [7, 11) is 0. The molecule has 2 heterocycles. The Labute approximate surface area is 207 Å². The van der Waals surface area contributed by atoms with E-state index in [1.165, 1.54) is 13.8 Å². The monoisotopic (exact) mass is 499 g/mol. The lowest BCUT2D eigenvalue weighted by Gasteiger charge is -2.44. The summed E-state index contributed by atoms with van der Waals surface area (Å²) in [4.78, 5) is 17.0. The minimum absolute atomic E-state index is 0.0386. The number of halogens is 3. The Morgan fingerprint density at radius 2 is 1.94 bits per heavy atom.